The minimum absolute atomic E-state index is 0.0451. The number of amides is 2. The highest BCUT2D eigenvalue weighted by Crippen LogP contribution is 2.30. The number of nitrogens with zero attached hydrogens (tertiary/aromatic N) is 3. The number of carbonyl (C=O) groups is 1. The van der Waals surface area contributed by atoms with Crippen LogP contribution in [0.25, 0.3) is 0 Å². The normalized spacial score (nSPS) is 22.4. The number of hydrogen-bond donors (Lipinski definition) is 1. The topological polar surface area (TPSA) is 59.4 Å². The van der Waals surface area contributed by atoms with E-state index < -0.39 is 5.54 Å². The number of hydrogen-bond acceptors (Lipinski definition) is 3. The van der Waals surface area contributed by atoms with Crippen molar-refractivity contribution in [2.24, 2.45) is 5.92 Å². The van der Waals surface area contributed by atoms with Gasteiger partial charge in [0, 0.05) is 27.2 Å². The Kier molecular flexibility index (Phi) is 3.76. The Labute approximate surface area is 109 Å². The van der Waals surface area contributed by atoms with Gasteiger partial charge in [-0.3, -0.25) is 5.32 Å². The number of piperidine rings is 1. The van der Waals surface area contributed by atoms with E-state index in [1.165, 1.54) is 12.8 Å². The predicted molar refractivity (Wildman–Crippen MR) is 69.0 cm³/mol. The number of nitrogens with one attached hydrogen (secondary N) is 1. The summed E-state index contributed by atoms with van der Waals surface area (Å²) in [6.45, 7) is 2.29. The van der Waals surface area contributed by atoms with E-state index in [4.69, 9.17) is 0 Å². The molecule has 0 aromatic rings. The molecule has 2 fully saturated rings. The van der Waals surface area contributed by atoms with Crippen LogP contribution >= 0.6 is 0 Å². The Balaban J connectivity index is 1.86. The summed E-state index contributed by atoms with van der Waals surface area (Å²) in [5, 5.41) is 12.8. The lowest BCUT2D eigenvalue weighted by Crippen LogP contribution is -2.55. The fourth-order valence-electron chi connectivity index (χ4n) is 2.35. The summed E-state index contributed by atoms with van der Waals surface area (Å²) < 4.78 is 0. The fraction of sp³-hybridized carbons (Fsp3) is 0.846. The van der Waals surface area contributed by atoms with Crippen LogP contribution in [0.15, 0.2) is 0 Å². The maximum absolute atomic E-state index is 11.8. The quantitative estimate of drug-likeness (QED) is 0.813. The second-order valence-electron chi connectivity index (χ2n) is 5.68. The largest absolute Gasteiger partial charge is 0.331 e. The van der Waals surface area contributed by atoms with Gasteiger partial charge in [0.15, 0.2) is 0 Å². The monoisotopic (exact) mass is 250 g/mol. The van der Waals surface area contributed by atoms with Crippen LogP contribution in [0.2, 0.25) is 0 Å². The molecule has 0 atom stereocenters. The lowest BCUT2D eigenvalue weighted by Gasteiger charge is -2.38. The number of urea groups is 1. The van der Waals surface area contributed by atoms with Gasteiger partial charge in [-0.1, -0.05) is 0 Å². The Bertz CT molecular complexity index is 348. The van der Waals surface area contributed by atoms with E-state index in [2.05, 4.69) is 11.4 Å². The van der Waals surface area contributed by atoms with Crippen LogP contribution in [-0.2, 0) is 0 Å². The molecule has 2 amide bonds. The Morgan fingerprint density at radius 3 is 2.50 bits per heavy atom. The molecule has 5 nitrogen and oxygen atoms in total. The van der Waals surface area contributed by atoms with E-state index in [1.54, 1.807) is 19.0 Å². The van der Waals surface area contributed by atoms with E-state index >= 15 is 0 Å². The highest BCUT2D eigenvalue weighted by Gasteiger charge is 2.37. The Hall–Kier alpha value is -1.28. The van der Waals surface area contributed by atoms with Crippen LogP contribution in [0.5, 0.6) is 0 Å². The summed E-state index contributed by atoms with van der Waals surface area (Å²) in [5.74, 6) is 0.775. The maximum Gasteiger partial charge on any atom is 0.319 e. The SMILES string of the molecule is CN(C)C(=O)N1CCC(C#N)(NCC2CC2)CC1. The second-order valence-corrected chi connectivity index (χ2v) is 5.68. The predicted octanol–water partition coefficient (Wildman–Crippen LogP) is 1.03. The van der Waals surface area contributed by atoms with Crippen molar-refractivity contribution in [2.45, 2.75) is 31.2 Å². The minimum atomic E-state index is -0.411. The van der Waals surface area contributed by atoms with Crippen molar-refractivity contribution in [1.82, 2.24) is 15.1 Å². The molecule has 1 heterocycles. The summed E-state index contributed by atoms with van der Waals surface area (Å²) >= 11 is 0. The van der Waals surface area contributed by atoms with Gasteiger partial charge in [0.1, 0.15) is 5.54 Å². The van der Waals surface area contributed by atoms with Crippen molar-refractivity contribution in [3.05, 3.63) is 0 Å². The molecule has 0 bridgehead atoms. The van der Waals surface area contributed by atoms with Gasteiger partial charge in [-0.15, -0.1) is 0 Å². The summed E-state index contributed by atoms with van der Waals surface area (Å²) in [6, 6.07) is 2.47. The zero-order chi connectivity index (χ0) is 13.2. The van der Waals surface area contributed by atoms with Crippen LogP contribution in [0.4, 0.5) is 4.79 Å². The molecule has 1 N–H and O–H groups in total. The first-order valence-electron chi connectivity index (χ1n) is 6.69. The van der Waals surface area contributed by atoms with E-state index in [9.17, 15) is 10.1 Å². The van der Waals surface area contributed by atoms with Gasteiger partial charge in [-0.2, -0.15) is 5.26 Å². The molecule has 2 rings (SSSR count). The van der Waals surface area contributed by atoms with Crippen molar-refractivity contribution in [3.63, 3.8) is 0 Å². The second kappa shape index (κ2) is 5.15. The van der Waals surface area contributed by atoms with Gasteiger partial charge in [0.05, 0.1) is 6.07 Å². The molecule has 0 aromatic heterocycles. The van der Waals surface area contributed by atoms with E-state index in [0.29, 0.717) is 13.1 Å². The average molecular weight is 250 g/mol. The Morgan fingerprint density at radius 1 is 1.44 bits per heavy atom. The van der Waals surface area contributed by atoms with E-state index in [-0.39, 0.29) is 6.03 Å². The maximum atomic E-state index is 11.8. The first-order chi connectivity index (χ1) is 8.56. The molecule has 1 saturated carbocycles. The zero-order valence-corrected chi connectivity index (χ0v) is 11.3. The lowest BCUT2D eigenvalue weighted by atomic mass is 9.89. The third-order valence-corrected chi connectivity index (χ3v) is 3.91. The molecule has 2 aliphatic rings. The molecular formula is C13H22N4O. The average Bonchev–Trinajstić information content (AvgIpc) is 3.20. The van der Waals surface area contributed by atoms with Gasteiger partial charge in [-0.25, -0.2) is 4.79 Å². The minimum Gasteiger partial charge on any atom is -0.331 e. The number of rotatable bonds is 3. The van der Waals surface area contributed by atoms with Gasteiger partial charge in [-0.05, 0) is 38.1 Å². The Morgan fingerprint density at radius 2 is 2.06 bits per heavy atom. The molecular weight excluding hydrogens is 228 g/mol. The van der Waals surface area contributed by atoms with E-state index in [1.807, 2.05) is 4.90 Å². The van der Waals surface area contributed by atoms with Crippen LogP contribution in [0, 0.1) is 17.2 Å². The summed E-state index contributed by atoms with van der Waals surface area (Å²) in [4.78, 5) is 15.2. The molecule has 1 saturated heterocycles. The van der Waals surface area contributed by atoms with Crippen molar-refractivity contribution in [3.8, 4) is 6.07 Å². The zero-order valence-electron chi connectivity index (χ0n) is 11.3. The van der Waals surface area contributed by atoms with Crippen molar-refractivity contribution >= 4 is 6.03 Å². The number of likely N-dealkylation sites (tertiary alicyclic amines) is 1. The molecule has 0 unspecified atom stereocenters. The first-order valence-corrected chi connectivity index (χ1v) is 6.69. The molecule has 5 heteroatoms. The summed E-state index contributed by atoms with van der Waals surface area (Å²) in [6.07, 6.45) is 4.05. The number of carbonyl (C=O) groups excluding carboxylic acids is 1. The highest BCUT2D eigenvalue weighted by atomic mass is 16.2. The fourth-order valence-corrected chi connectivity index (χ4v) is 2.35. The summed E-state index contributed by atoms with van der Waals surface area (Å²) in [5.41, 5.74) is -0.411. The molecule has 0 spiro atoms. The van der Waals surface area contributed by atoms with Crippen LogP contribution in [0.1, 0.15) is 25.7 Å². The smallest absolute Gasteiger partial charge is 0.319 e. The molecule has 0 aromatic carbocycles. The van der Waals surface area contributed by atoms with Gasteiger partial charge < -0.3 is 9.80 Å². The molecule has 100 valence electrons. The van der Waals surface area contributed by atoms with E-state index in [0.717, 1.165) is 25.3 Å². The molecule has 0 radical (unpaired) electrons. The highest BCUT2D eigenvalue weighted by molar-refractivity contribution is 5.74. The molecule has 1 aliphatic heterocycles. The lowest BCUT2D eigenvalue weighted by molar-refractivity contribution is 0.140. The third-order valence-electron chi connectivity index (χ3n) is 3.91. The van der Waals surface area contributed by atoms with Crippen molar-refractivity contribution in [2.75, 3.05) is 33.7 Å². The summed E-state index contributed by atoms with van der Waals surface area (Å²) in [7, 11) is 3.53. The number of nitriles is 1. The van der Waals surface area contributed by atoms with Crippen LogP contribution in [0.3, 0.4) is 0 Å². The van der Waals surface area contributed by atoms with Gasteiger partial charge >= 0.3 is 6.03 Å². The first kappa shape index (κ1) is 13.2. The van der Waals surface area contributed by atoms with Crippen LogP contribution in [-0.4, -0.2) is 55.1 Å². The molecule has 18 heavy (non-hydrogen) atoms. The standard InChI is InChI=1S/C13H22N4O/c1-16(2)12(18)17-7-5-13(10-14,6-8-17)15-9-11-3-4-11/h11,15H,3-9H2,1-2H3. The van der Waals surface area contributed by atoms with Crippen molar-refractivity contribution < 1.29 is 4.79 Å². The third kappa shape index (κ3) is 2.94. The van der Waals surface area contributed by atoms with Crippen molar-refractivity contribution in [1.29, 1.82) is 5.26 Å². The van der Waals surface area contributed by atoms with Gasteiger partial charge in [0.2, 0.25) is 0 Å². The van der Waals surface area contributed by atoms with Gasteiger partial charge in [0.25, 0.3) is 0 Å². The van der Waals surface area contributed by atoms with Crippen LogP contribution < -0.4 is 5.32 Å². The molecule has 1 aliphatic carbocycles.